The summed E-state index contributed by atoms with van der Waals surface area (Å²) >= 11 is 0. The van der Waals surface area contributed by atoms with Crippen LogP contribution in [-0.4, -0.2) is 61.9 Å². The number of nitrogens with two attached hydrogens (primary N) is 1. The molecule has 1 fully saturated rings. The number of morpholine rings is 1. The molecule has 0 unspecified atom stereocenters. The highest BCUT2D eigenvalue weighted by atomic mass is 32.2. The van der Waals surface area contributed by atoms with Crippen LogP contribution in [0.25, 0.3) is 27.8 Å². The highest BCUT2D eigenvalue weighted by molar-refractivity contribution is 7.89. The third-order valence-corrected chi connectivity index (χ3v) is 8.25. The molecule has 4 aromatic rings. The van der Waals surface area contributed by atoms with Crippen LogP contribution in [0.15, 0.2) is 59.6 Å². The molecule has 1 saturated heterocycles. The Labute approximate surface area is 228 Å². The standard InChI is InChI=1S/C28H34N6O4S/c1-28(2,3)32-39(35,36)26-16-20(17-30-24(26)18-37-4)19-5-10-23-25(15-19)34(27(29)31-23)22-8-6-21(7-9-22)33-11-13-38-14-12-33/h5-10,15-17,32H,11-14,18H2,1-4H3,(H2,29,31). The Morgan fingerprint density at radius 1 is 1.03 bits per heavy atom. The average molecular weight is 551 g/mol. The molecule has 0 radical (unpaired) electrons. The van der Waals surface area contributed by atoms with E-state index in [0.717, 1.165) is 54.3 Å². The monoisotopic (exact) mass is 550 g/mol. The molecule has 3 heterocycles. The van der Waals surface area contributed by atoms with Crippen molar-refractivity contribution in [3.8, 4) is 16.8 Å². The number of hydrogen-bond donors (Lipinski definition) is 2. The third-order valence-electron chi connectivity index (χ3n) is 6.44. The Kier molecular flexibility index (Phi) is 7.34. The molecule has 0 bridgehead atoms. The maximum Gasteiger partial charge on any atom is 0.242 e. The quantitative estimate of drug-likeness (QED) is 0.357. The highest BCUT2D eigenvalue weighted by Crippen LogP contribution is 2.31. The predicted molar refractivity (Wildman–Crippen MR) is 153 cm³/mol. The molecule has 1 aliphatic heterocycles. The van der Waals surface area contributed by atoms with Crippen molar-refractivity contribution in [2.24, 2.45) is 0 Å². The lowest BCUT2D eigenvalue weighted by molar-refractivity contribution is 0.122. The van der Waals surface area contributed by atoms with Gasteiger partial charge in [0.2, 0.25) is 16.0 Å². The van der Waals surface area contributed by atoms with Crippen LogP contribution in [0.2, 0.25) is 0 Å². The summed E-state index contributed by atoms with van der Waals surface area (Å²) < 4.78 is 41.9. The number of ether oxygens (including phenoxy) is 2. The second kappa shape index (κ2) is 10.6. The van der Waals surface area contributed by atoms with Gasteiger partial charge in [0.1, 0.15) is 4.90 Å². The molecule has 0 spiro atoms. The normalized spacial score (nSPS) is 14.7. The summed E-state index contributed by atoms with van der Waals surface area (Å²) in [7, 11) is -2.34. The molecule has 39 heavy (non-hydrogen) atoms. The minimum atomic E-state index is -3.85. The summed E-state index contributed by atoms with van der Waals surface area (Å²) in [5, 5.41) is 0. The number of hydrogen-bond acceptors (Lipinski definition) is 8. The van der Waals surface area contributed by atoms with Gasteiger partial charge in [0.15, 0.2) is 0 Å². The van der Waals surface area contributed by atoms with Gasteiger partial charge in [0, 0.05) is 48.9 Å². The molecule has 3 N–H and O–H groups in total. The van der Waals surface area contributed by atoms with Crippen molar-refractivity contribution in [1.82, 2.24) is 19.3 Å². The van der Waals surface area contributed by atoms with E-state index in [1.54, 1.807) is 33.0 Å². The Bertz CT molecular complexity index is 1590. The van der Waals surface area contributed by atoms with Crippen molar-refractivity contribution in [2.45, 2.75) is 37.8 Å². The zero-order chi connectivity index (χ0) is 27.8. The van der Waals surface area contributed by atoms with E-state index in [4.69, 9.17) is 15.2 Å². The second-order valence-electron chi connectivity index (χ2n) is 10.6. The Balaban J connectivity index is 1.55. The number of imidazole rings is 1. The van der Waals surface area contributed by atoms with Crippen LogP contribution in [0.4, 0.5) is 11.6 Å². The van der Waals surface area contributed by atoms with Gasteiger partial charge in [-0.2, -0.15) is 0 Å². The number of aromatic nitrogens is 3. The van der Waals surface area contributed by atoms with E-state index in [0.29, 0.717) is 17.2 Å². The number of methoxy groups -OCH3 is 1. The smallest absolute Gasteiger partial charge is 0.242 e. The van der Waals surface area contributed by atoms with E-state index < -0.39 is 15.6 Å². The van der Waals surface area contributed by atoms with Crippen LogP contribution in [0.1, 0.15) is 26.5 Å². The molecule has 0 amide bonds. The predicted octanol–water partition coefficient (Wildman–Crippen LogP) is 3.73. The van der Waals surface area contributed by atoms with Gasteiger partial charge in [-0.15, -0.1) is 0 Å². The largest absolute Gasteiger partial charge is 0.378 e. The molecule has 2 aromatic heterocycles. The first-order chi connectivity index (χ1) is 18.6. The van der Waals surface area contributed by atoms with Crippen LogP contribution >= 0.6 is 0 Å². The number of benzene rings is 2. The summed E-state index contributed by atoms with van der Waals surface area (Å²) in [4.78, 5) is 11.4. The van der Waals surface area contributed by atoms with Crippen LogP contribution in [0, 0.1) is 0 Å². The number of rotatable bonds is 7. The maximum atomic E-state index is 13.3. The Morgan fingerprint density at radius 2 is 1.72 bits per heavy atom. The van der Waals surface area contributed by atoms with Crippen molar-refractivity contribution >= 4 is 32.7 Å². The van der Waals surface area contributed by atoms with Crippen LogP contribution in [0.5, 0.6) is 0 Å². The first kappa shape index (κ1) is 27.1. The molecule has 0 aliphatic carbocycles. The SMILES string of the molecule is COCc1ncc(-c2ccc3nc(N)n(-c4ccc(N5CCOCC5)cc4)c3c2)cc1S(=O)(=O)NC(C)(C)C. The zero-order valence-corrected chi connectivity index (χ0v) is 23.5. The number of nitrogen functional groups attached to an aromatic ring is 1. The van der Waals surface area contributed by atoms with Crippen LogP contribution in [-0.2, 0) is 26.1 Å². The fraction of sp³-hybridized carbons (Fsp3) is 0.357. The van der Waals surface area contributed by atoms with E-state index in [2.05, 4.69) is 31.7 Å². The molecule has 206 valence electrons. The van der Waals surface area contributed by atoms with Gasteiger partial charge in [-0.05, 0) is 68.8 Å². The molecule has 0 saturated carbocycles. The molecular formula is C28H34N6O4S. The van der Waals surface area contributed by atoms with Gasteiger partial charge in [-0.25, -0.2) is 18.1 Å². The highest BCUT2D eigenvalue weighted by Gasteiger charge is 2.26. The lowest BCUT2D eigenvalue weighted by Crippen LogP contribution is -2.40. The van der Waals surface area contributed by atoms with E-state index in [9.17, 15) is 8.42 Å². The zero-order valence-electron chi connectivity index (χ0n) is 22.6. The number of pyridine rings is 1. The van der Waals surface area contributed by atoms with Crippen molar-refractivity contribution in [3.05, 3.63) is 60.4 Å². The Morgan fingerprint density at radius 3 is 2.38 bits per heavy atom. The number of nitrogens with zero attached hydrogens (tertiary/aromatic N) is 4. The minimum absolute atomic E-state index is 0.0729. The molecular weight excluding hydrogens is 516 g/mol. The van der Waals surface area contributed by atoms with Crippen molar-refractivity contribution in [1.29, 1.82) is 0 Å². The number of anilines is 2. The fourth-order valence-corrected chi connectivity index (χ4v) is 6.37. The lowest BCUT2D eigenvalue weighted by atomic mass is 10.1. The van der Waals surface area contributed by atoms with Crippen molar-refractivity contribution in [3.63, 3.8) is 0 Å². The maximum absolute atomic E-state index is 13.3. The summed E-state index contributed by atoms with van der Waals surface area (Å²) in [6, 6.07) is 15.6. The average Bonchev–Trinajstić information content (AvgIpc) is 3.23. The van der Waals surface area contributed by atoms with Crippen molar-refractivity contribution < 1.29 is 17.9 Å². The first-order valence-corrected chi connectivity index (χ1v) is 14.3. The summed E-state index contributed by atoms with van der Waals surface area (Å²) in [6.07, 6.45) is 1.66. The summed E-state index contributed by atoms with van der Waals surface area (Å²) in [5.41, 5.74) is 11.0. The molecule has 5 rings (SSSR count). The van der Waals surface area contributed by atoms with Gasteiger partial charge in [0.05, 0.1) is 36.5 Å². The van der Waals surface area contributed by atoms with Gasteiger partial charge >= 0.3 is 0 Å². The topological polar surface area (TPSA) is 125 Å². The number of sulfonamides is 1. The number of fused-ring (bicyclic) bond motifs is 1. The van der Waals surface area contributed by atoms with Crippen molar-refractivity contribution in [2.75, 3.05) is 44.0 Å². The van der Waals surface area contributed by atoms with Gasteiger partial charge in [-0.3, -0.25) is 9.55 Å². The fourth-order valence-electron chi connectivity index (χ4n) is 4.75. The van der Waals surface area contributed by atoms with Crippen LogP contribution < -0.4 is 15.4 Å². The molecule has 0 atom stereocenters. The summed E-state index contributed by atoms with van der Waals surface area (Å²) in [5.74, 6) is 0.368. The van der Waals surface area contributed by atoms with Gasteiger partial charge in [-0.1, -0.05) is 6.07 Å². The third kappa shape index (κ3) is 5.76. The molecule has 1 aliphatic rings. The molecule has 10 nitrogen and oxygen atoms in total. The van der Waals surface area contributed by atoms with Crippen LogP contribution in [0.3, 0.4) is 0 Å². The van der Waals surface area contributed by atoms with E-state index >= 15 is 0 Å². The van der Waals surface area contributed by atoms with E-state index in [-0.39, 0.29) is 11.5 Å². The lowest BCUT2D eigenvalue weighted by Gasteiger charge is -2.29. The van der Waals surface area contributed by atoms with Gasteiger partial charge < -0.3 is 20.1 Å². The molecule has 2 aromatic carbocycles. The molecule has 11 heteroatoms. The van der Waals surface area contributed by atoms with E-state index in [1.165, 1.54) is 7.11 Å². The first-order valence-electron chi connectivity index (χ1n) is 12.8. The van der Waals surface area contributed by atoms with Gasteiger partial charge in [0.25, 0.3) is 0 Å². The Hall–Kier alpha value is -3.51. The second-order valence-corrected chi connectivity index (χ2v) is 12.2. The minimum Gasteiger partial charge on any atom is -0.378 e. The summed E-state index contributed by atoms with van der Waals surface area (Å²) in [6.45, 7) is 8.63. The van der Waals surface area contributed by atoms with E-state index in [1.807, 2.05) is 34.9 Å². The number of nitrogens with one attached hydrogen (secondary N) is 1.